The second kappa shape index (κ2) is 21.2. The Bertz CT molecular complexity index is 1910. The van der Waals surface area contributed by atoms with Crippen LogP contribution in [-0.4, -0.2) is 83.4 Å². The predicted molar refractivity (Wildman–Crippen MR) is 192 cm³/mol. The first-order valence-corrected chi connectivity index (χ1v) is 16.8. The zero-order chi connectivity index (χ0) is 41.3. The number of carbonyl (C=O) groups is 4. The molecule has 4 rings (SSSR count). The van der Waals surface area contributed by atoms with E-state index in [4.69, 9.17) is 10.2 Å². The monoisotopic (exact) mass is 767 g/mol. The minimum absolute atomic E-state index is 0.114. The molecule has 0 aromatic heterocycles. The first-order chi connectivity index (χ1) is 25.8. The normalized spacial score (nSPS) is 15.7. The second-order valence-corrected chi connectivity index (χ2v) is 12.8. The van der Waals surface area contributed by atoms with Gasteiger partial charge in [0, 0.05) is 28.5 Å². The molecule has 0 heterocycles. The lowest BCUT2D eigenvalue weighted by atomic mass is 9.91. The number of halogens is 4. The van der Waals surface area contributed by atoms with E-state index in [1.807, 2.05) is 0 Å². The third-order valence-electron chi connectivity index (χ3n) is 8.14. The summed E-state index contributed by atoms with van der Waals surface area (Å²) < 4.78 is 58.9. The van der Waals surface area contributed by atoms with Gasteiger partial charge in [0.2, 0.25) is 0 Å². The van der Waals surface area contributed by atoms with Crippen LogP contribution in [0.4, 0.5) is 17.6 Å². The maximum Gasteiger partial charge on any atom is 0.335 e. The highest BCUT2D eigenvalue weighted by molar-refractivity contribution is 5.97. The van der Waals surface area contributed by atoms with Crippen molar-refractivity contribution >= 4 is 23.8 Å². The van der Waals surface area contributed by atoms with Crippen molar-refractivity contribution in [1.82, 2.24) is 5.32 Å². The van der Waals surface area contributed by atoms with Gasteiger partial charge in [-0.25, -0.2) is 27.2 Å². The number of benzene rings is 2. The highest BCUT2D eigenvalue weighted by Gasteiger charge is 2.47. The maximum atomic E-state index is 13.0. The fourth-order valence-corrected chi connectivity index (χ4v) is 3.85. The number of aliphatic hydroxyl groups is 2. The Morgan fingerprint density at radius 3 is 1.44 bits per heavy atom. The molecule has 4 N–H and O–H groups in total. The van der Waals surface area contributed by atoms with E-state index >= 15 is 0 Å². The topological polar surface area (TPSA) is 159 Å². The first-order valence-electron chi connectivity index (χ1n) is 16.8. The fourth-order valence-electron chi connectivity index (χ4n) is 3.85. The number of methoxy groups -OCH3 is 2. The van der Waals surface area contributed by atoms with Gasteiger partial charge in [0.05, 0.1) is 25.7 Å². The third-order valence-corrected chi connectivity index (χ3v) is 8.14. The minimum atomic E-state index is -3.27. The molecule has 10 nitrogen and oxygen atoms in total. The number of aromatic carboxylic acids is 1. The smallest absolute Gasteiger partial charge is 0.335 e. The SMILES string of the molecule is COC(=O)[C@@H](C)[C@](C)(O)C(F)F.COC(=O)[C@@H](NC(=O)c1ccc(C#CC#CC2CC2)cc1)[C@](C)(O)C(F)F.O=C(O)c1ccc(C#CC#CC2CC2)cc1. The molecule has 2 aliphatic rings. The molecule has 1 amide bonds. The lowest BCUT2D eigenvalue weighted by molar-refractivity contribution is -0.167. The van der Waals surface area contributed by atoms with E-state index in [0.29, 0.717) is 17.4 Å². The van der Waals surface area contributed by atoms with E-state index in [2.05, 4.69) is 62.2 Å². The highest BCUT2D eigenvalue weighted by Crippen LogP contribution is 2.28. The van der Waals surface area contributed by atoms with Crippen LogP contribution in [0.1, 0.15) is 78.3 Å². The van der Waals surface area contributed by atoms with Gasteiger partial charge in [-0.1, -0.05) is 23.7 Å². The van der Waals surface area contributed by atoms with Gasteiger partial charge in [0.1, 0.15) is 5.60 Å². The van der Waals surface area contributed by atoms with Crippen LogP contribution in [0, 0.1) is 65.1 Å². The molecule has 0 aliphatic heterocycles. The molecule has 2 aromatic carbocycles. The molecule has 292 valence electrons. The van der Waals surface area contributed by atoms with Gasteiger partial charge >= 0.3 is 17.9 Å². The van der Waals surface area contributed by atoms with Crippen molar-refractivity contribution in [3.63, 3.8) is 0 Å². The zero-order valence-electron chi connectivity index (χ0n) is 30.7. The first kappa shape index (κ1) is 45.4. The lowest BCUT2D eigenvalue weighted by Crippen LogP contribution is -2.59. The van der Waals surface area contributed by atoms with Crippen LogP contribution < -0.4 is 5.32 Å². The van der Waals surface area contributed by atoms with Crippen molar-refractivity contribution in [3.8, 4) is 47.4 Å². The van der Waals surface area contributed by atoms with Crippen LogP contribution in [0.2, 0.25) is 0 Å². The van der Waals surface area contributed by atoms with E-state index in [-0.39, 0.29) is 11.1 Å². The molecular weight excluding hydrogens is 726 g/mol. The summed E-state index contributed by atoms with van der Waals surface area (Å²) in [5.74, 6) is 18.8. The maximum absolute atomic E-state index is 13.0. The fraction of sp³-hybridized carbons (Fsp3) is 0.415. The molecule has 14 heteroatoms. The average molecular weight is 768 g/mol. The number of ether oxygens (including phenoxy) is 2. The predicted octanol–water partition coefficient (Wildman–Crippen LogP) is 4.70. The molecule has 4 atom stereocenters. The number of hydrogen-bond acceptors (Lipinski definition) is 8. The molecule has 55 heavy (non-hydrogen) atoms. The number of carboxylic acid groups (broad SMARTS) is 1. The van der Waals surface area contributed by atoms with Crippen LogP contribution in [-0.2, 0) is 19.1 Å². The van der Waals surface area contributed by atoms with Crippen molar-refractivity contribution in [2.45, 2.75) is 76.5 Å². The van der Waals surface area contributed by atoms with Crippen molar-refractivity contribution in [1.29, 1.82) is 0 Å². The quantitative estimate of drug-likeness (QED) is 0.161. The van der Waals surface area contributed by atoms with Crippen molar-refractivity contribution < 1.29 is 61.5 Å². The van der Waals surface area contributed by atoms with Crippen LogP contribution in [0.15, 0.2) is 48.5 Å². The standard InChI is InChI=1S/C20H19F2NO4.C14H10O2.C7H12F2O3/c1-20(26,19(21)22)16(18(25)27-2)23-17(24)15-11-9-14(10-12-15)6-4-3-5-13-7-8-13;15-14(16)13-9-7-12(8-10-13)4-2-1-3-11-5-6-11;1-4(5(10)12-3)7(2,11)6(8)9/h9-13,16,19,26H,7-8H2,1-2H3,(H,23,24);7-11H,5-6H2,(H,15,16);4,6,11H,1-3H3/t16-,20+;;4-,7+/m1.1/s1. The van der Waals surface area contributed by atoms with Gasteiger partial charge < -0.3 is 30.1 Å². The van der Waals surface area contributed by atoms with Gasteiger partial charge in [-0.3, -0.25) is 9.59 Å². The van der Waals surface area contributed by atoms with E-state index in [1.54, 1.807) is 36.4 Å². The molecule has 0 saturated heterocycles. The molecule has 2 aliphatic carbocycles. The Hall–Kier alpha value is -5.80. The number of hydrogen-bond donors (Lipinski definition) is 4. The van der Waals surface area contributed by atoms with E-state index in [9.17, 15) is 41.8 Å². The van der Waals surface area contributed by atoms with Crippen molar-refractivity contribution in [3.05, 3.63) is 70.8 Å². The Balaban J connectivity index is 0.000000316. The van der Waals surface area contributed by atoms with Gasteiger partial charge in [-0.05, 0) is 119 Å². The summed E-state index contributed by atoms with van der Waals surface area (Å²) in [4.78, 5) is 45.3. The van der Waals surface area contributed by atoms with Crippen LogP contribution in [0.3, 0.4) is 0 Å². The summed E-state index contributed by atoms with van der Waals surface area (Å²) in [6.07, 6.45) is -1.61. The van der Waals surface area contributed by atoms with Crippen LogP contribution in [0.25, 0.3) is 0 Å². The number of carboxylic acids is 1. The molecule has 0 spiro atoms. The molecule has 2 aromatic rings. The van der Waals surface area contributed by atoms with Crippen molar-refractivity contribution in [2.24, 2.45) is 17.8 Å². The van der Waals surface area contributed by atoms with Crippen LogP contribution >= 0.6 is 0 Å². The number of esters is 2. The molecule has 2 fully saturated rings. The zero-order valence-corrected chi connectivity index (χ0v) is 30.7. The number of carbonyl (C=O) groups excluding carboxylic acids is 3. The summed E-state index contributed by atoms with van der Waals surface area (Å²) in [7, 11) is 2.06. The Kier molecular flexibility index (Phi) is 17.5. The van der Waals surface area contributed by atoms with E-state index in [0.717, 1.165) is 46.5 Å². The second-order valence-electron chi connectivity index (χ2n) is 12.8. The summed E-state index contributed by atoms with van der Waals surface area (Å²) in [6.45, 7) is 2.85. The number of amides is 1. The Labute approximate surface area is 317 Å². The van der Waals surface area contributed by atoms with Gasteiger partial charge in [0.15, 0.2) is 11.6 Å². The Morgan fingerprint density at radius 1 is 0.691 bits per heavy atom. The number of nitrogens with one attached hydrogen (secondary N) is 1. The van der Waals surface area contributed by atoms with E-state index < -0.39 is 59.8 Å². The molecule has 0 unspecified atom stereocenters. The molecule has 0 radical (unpaired) electrons. The summed E-state index contributed by atoms with van der Waals surface area (Å²) in [5, 5.41) is 29.8. The minimum Gasteiger partial charge on any atom is -0.478 e. The highest BCUT2D eigenvalue weighted by atomic mass is 19.3. The summed E-state index contributed by atoms with van der Waals surface area (Å²) >= 11 is 0. The van der Waals surface area contributed by atoms with Gasteiger partial charge in [-0.2, -0.15) is 0 Å². The number of rotatable bonds is 9. The Morgan fingerprint density at radius 2 is 1.09 bits per heavy atom. The molecule has 2 saturated carbocycles. The lowest BCUT2D eigenvalue weighted by Gasteiger charge is -2.30. The van der Waals surface area contributed by atoms with E-state index in [1.165, 1.54) is 31.9 Å². The largest absolute Gasteiger partial charge is 0.478 e. The van der Waals surface area contributed by atoms with Gasteiger partial charge in [0.25, 0.3) is 18.8 Å². The van der Waals surface area contributed by atoms with Crippen molar-refractivity contribution in [2.75, 3.05) is 14.2 Å². The third kappa shape index (κ3) is 15.2. The van der Waals surface area contributed by atoms with Crippen LogP contribution in [0.5, 0.6) is 0 Å². The number of alkyl halides is 4. The molecular formula is C41H41F4NO9. The summed E-state index contributed by atoms with van der Waals surface area (Å²) in [5.41, 5.74) is -3.31. The summed E-state index contributed by atoms with van der Waals surface area (Å²) in [6, 6.07) is 10.5. The van der Waals surface area contributed by atoms with Gasteiger partial charge in [-0.15, -0.1) is 0 Å². The average Bonchev–Trinajstić information content (AvgIpc) is 4.11. The molecule has 0 bridgehead atoms.